The van der Waals surface area contributed by atoms with Gasteiger partial charge in [-0.05, 0) is 72.8 Å². The van der Waals surface area contributed by atoms with Gasteiger partial charge in [0, 0.05) is 32.0 Å². The summed E-state index contributed by atoms with van der Waals surface area (Å²) in [4.78, 5) is 5.38. The minimum Gasteiger partial charge on any atom is -0.312 e. The minimum atomic E-state index is -0.422. The smallest absolute Gasteiger partial charge is 0.127 e. The molecule has 234 valence electrons. The van der Waals surface area contributed by atoms with Crippen molar-refractivity contribution in [3.63, 3.8) is 0 Å². The van der Waals surface area contributed by atoms with E-state index < -0.39 is 12.3 Å². The van der Waals surface area contributed by atoms with E-state index in [-0.39, 0.29) is 0 Å². The molecule has 0 amide bonds. The van der Waals surface area contributed by atoms with Crippen molar-refractivity contribution < 1.29 is 0 Å². The Balaban J connectivity index is 1.21. The number of hydrogen-bond acceptors (Lipinski definition) is 4. The quantitative estimate of drug-likeness (QED) is 0.0783. The van der Waals surface area contributed by atoms with E-state index in [0.717, 1.165) is 27.8 Å². The molecule has 8 aromatic carbocycles. The number of aliphatic imine (C=N–C) groups is 1. The lowest BCUT2D eigenvalue weighted by Gasteiger charge is -2.23. The van der Waals surface area contributed by atoms with Crippen LogP contribution in [0.25, 0.3) is 63.6 Å². The van der Waals surface area contributed by atoms with Gasteiger partial charge in [-0.3, -0.25) is 10.3 Å². The van der Waals surface area contributed by atoms with Gasteiger partial charge >= 0.3 is 0 Å². The topological polar surface area (TPSA) is 50.4 Å². The molecule has 0 saturated carbocycles. The molecular formula is C45H33N3S. The van der Waals surface area contributed by atoms with Crippen LogP contribution < -0.4 is 11.1 Å². The largest absolute Gasteiger partial charge is 0.312 e. The van der Waals surface area contributed by atoms with Gasteiger partial charge in [0.1, 0.15) is 6.17 Å². The van der Waals surface area contributed by atoms with Crippen LogP contribution in [0.5, 0.6) is 0 Å². The summed E-state index contributed by atoms with van der Waals surface area (Å²) >= 11 is 1.84. The zero-order valence-electron chi connectivity index (χ0n) is 26.8. The molecule has 3 N–H and O–H groups in total. The maximum Gasteiger partial charge on any atom is 0.127 e. The monoisotopic (exact) mass is 647 g/mol. The summed E-state index contributed by atoms with van der Waals surface area (Å²) in [6.45, 7) is 0. The molecule has 4 heteroatoms. The van der Waals surface area contributed by atoms with Crippen LogP contribution in [0.15, 0.2) is 169 Å². The molecule has 49 heavy (non-hydrogen) atoms. The van der Waals surface area contributed by atoms with E-state index in [4.69, 9.17) is 10.7 Å². The fourth-order valence-corrected chi connectivity index (χ4v) is 8.32. The van der Waals surface area contributed by atoms with Crippen molar-refractivity contribution in [1.82, 2.24) is 5.32 Å². The molecule has 0 saturated heterocycles. The first-order chi connectivity index (χ1) is 24.2. The van der Waals surface area contributed by atoms with Crippen LogP contribution in [0.4, 0.5) is 0 Å². The van der Waals surface area contributed by atoms with Crippen molar-refractivity contribution >= 4 is 70.0 Å². The van der Waals surface area contributed by atoms with Crippen LogP contribution in [0.2, 0.25) is 0 Å². The molecule has 1 aromatic heterocycles. The first-order valence-electron chi connectivity index (χ1n) is 16.6. The van der Waals surface area contributed by atoms with E-state index in [0.29, 0.717) is 0 Å². The van der Waals surface area contributed by atoms with Crippen LogP contribution in [-0.4, -0.2) is 6.21 Å². The Bertz CT molecular complexity index is 2670. The van der Waals surface area contributed by atoms with Crippen molar-refractivity contribution in [2.75, 3.05) is 0 Å². The molecule has 0 bridgehead atoms. The highest BCUT2D eigenvalue weighted by molar-refractivity contribution is 7.25. The standard InChI is InChI=1S/C45H33N3S/c46-44(30-13-2-1-3-14-30)48-45(39-20-9-8-17-34(39)32-23-25-38-37-19-10-11-21-42(37)49-43(38)27-32)47-28-41-35-18-7-5-15-31(35)26-40-33-16-6-4-12-29(33)22-24-36(40)41/h1-28,44-45,48H,46H2/b47-28+. The zero-order chi connectivity index (χ0) is 32.7. The fourth-order valence-electron chi connectivity index (χ4n) is 7.17. The summed E-state index contributed by atoms with van der Waals surface area (Å²) in [7, 11) is 0. The lowest BCUT2D eigenvalue weighted by molar-refractivity contribution is 0.468. The molecule has 0 aliphatic carbocycles. The predicted molar refractivity (Wildman–Crippen MR) is 211 cm³/mol. The van der Waals surface area contributed by atoms with Gasteiger partial charge in [0.25, 0.3) is 0 Å². The van der Waals surface area contributed by atoms with Gasteiger partial charge in [-0.2, -0.15) is 0 Å². The van der Waals surface area contributed by atoms with Crippen LogP contribution in [0.3, 0.4) is 0 Å². The molecule has 9 aromatic rings. The van der Waals surface area contributed by atoms with Gasteiger partial charge in [0.2, 0.25) is 0 Å². The SMILES string of the molecule is NC(NC(/N=C/c1c2ccccc2cc2c1ccc1ccccc12)c1ccccc1-c1ccc2c(c1)sc1ccccc12)c1ccccc1. The summed E-state index contributed by atoms with van der Waals surface area (Å²) in [5.74, 6) is 0. The number of fused-ring (bicyclic) bond motifs is 7. The summed E-state index contributed by atoms with van der Waals surface area (Å²) in [5, 5.41) is 13.5. The zero-order valence-corrected chi connectivity index (χ0v) is 27.6. The second-order valence-corrected chi connectivity index (χ2v) is 13.6. The number of nitrogens with one attached hydrogen (secondary N) is 1. The Hall–Kier alpha value is -5.65. The van der Waals surface area contributed by atoms with Crippen LogP contribution >= 0.6 is 11.3 Å². The summed E-state index contributed by atoms with van der Waals surface area (Å²) in [6.07, 6.45) is 1.22. The van der Waals surface area contributed by atoms with Gasteiger partial charge in [-0.1, -0.05) is 146 Å². The number of thiophene rings is 1. The van der Waals surface area contributed by atoms with Crippen molar-refractivity contribution in [2.24, 2.45) is 10.7 Å². The van der Waals surface area contributed by atoms with Gasteiger partial charge in [0.05, 0.1) is 6.17 Å². The third-order valence-electron chi connectivity index (χ3n) is 9.61. The highest BCUT2D eigenvalue weighted by Gasteiger charge is 2.20. The molecular weight excluding hydrogens is 615 g/mol. The molecule has 2 unspecified atom stereocenters. The molecule has 0 spiro atoms. The van der Waals surface area contributed by atoms with Gasteiger partial charge < -0.3 is 5.73 Å². The first-order valence-corrected chi connectivity index (χ1v) is 17.5. The first kappa shape index (κ1) is 29.5. The number of nitrogens with two attached hydrogens (primary N) is 1. The van der Waals surface area contributed by atoms with E-state index >= 15 is 0 Å². The fraction of sp³-hybridized carbons (Fsp3) is 0.0444. The molecule has 9 rings (SSSR count). The Kier molecular flexibility index (Phi) is 7.47. The average molecular weight is 648 g/mol. The molecule has 3 nitrogen and oxygen atoms in total. The van der Waals surface area contributed by atoms with E-state index in [1.807, 2.05) is 29.5 Å². The number of benzene rings is 8. The number of hydrogen-bond donors (Lipinski definition) is 2. The average Bonchev–Trinajstić information content (AvgIpc) is 3.54. The molecule has 0 radical (unpaired) electrons. The molecule has 0 aliphatic rings. The van der Waals surface area contributed by atoms with Crippen molar-refractivity contribution in [3.05, 3.63) is 180 Å². The van der Waals surface area contributed by atoms with Gasteiger partial charge in [-0.15, -0.1) is 11.3 Å². The van der Waals surface area contributed by atoms with E-state index in [1.54, 1.807) is 0 Å². The minimum absolute atomic E-state index is 0.418. The Morgan fingerprint density at radius 2 is 1.20 bits per heavy atom. The highest BCUT2D eigenvalue weighted by Crippen LogP contribution is 2.39. The normalized spacial score (nSPS) is 13.2. The lowest BCUT2D eigenvalue weighted by atomic mass is 9.93. The molecule has 2 atom stereocenters. The maximum atomic E-state index is 6.87. The van der Waals surface area contributed by atoms with Crippen molar-refractivity contribution in [2.45, 2.75) is 12.3 Å². The highest BCUT2D eigenvalue weighted by atomic mass is 32.1. The molecule has 0 aliphatic heterocycles. The second-order valence-electron chi connectivity index (χ2n) is 12.5. The van der Waals surface area contributed by atoms with Gasteiger partial charge in [-0.25, -0.2) is 0 Å². The molecule has 0 fully saturated rings. The molecule has 1 heterocycles. The summed E-state index contributed by atoms with van der Waals surface area (Å²) in [5.41, 5.74) is 12.3. The number of rotatable bonds is 7. The van der Waals surface area contributed by atoms with Crippen LogP contribution in [0.1, 0.15) is 29.0 Å². The summed E-state index contributed by atoms with van der Waals surface area (Å²) in [6, 6.07) is 58.1. The third kappa shape index (κ3) is 5.37. The van der Waals surface area contributed by atoms with E-state index in [2.05, 4.69) is 157 Å². The Labute approximate surface area is 289 Å². The van der Waals surface area contributed by atoms with Crippen molar-refractivity contribution in [3.8, 4) is 11.1 Å². The third-order valence-corrected chi connectivity index (χ3v) is 10.7. The van der Waals surface area contributed by atoms with Crippen LogP contribution in [-0.2, 0) is 0 Å². The summed E-state index contributed by atoms with van der Waals surface area (Å²) < 4.78 is 2.58. The Morgan fingerprint density at radius 1 is 0.531 bits per heavy atom. The van der Waals surface area contributed by atoms with E-state index in [1.165, 1.54) is 52.5 Å². The van der Waals surface area contributed by atoms with Crippen molar-refractivity contribution in [1.29, 1.82) is 0 Å². The van der Waals surface area contributed by atoms with Crippen LogP contribution in [0, 0.1) is 0 Å². The lowest BCUT2D eigenvalue weighted by Crippen LogP contribution is -2.32. The number of nitrogens with zero attached hydrogens (tertiary/aromatic N) is 1. The van der Waals surface area contributed by atoms with Gasteiger partial charge in [0.15, 0.2) is 0 Å². The maximum absolute atomic E-state index is 6.87. The predicted octanol–water partition coefficient (Wildman–Crippen LogP) is 11.5. The van der Waals surface area contributed by atoms with E-state index in [9.17, 15) is 0 Å². The Morgan fingerprint density at radius 3 is 2.08 bits per heavy atom. The second kappa shape index (κ2) is 12.4.